The van der Waals surface area contributed by atoms with E-state index in [0.717, 1.165) is 10.0 Å². The molecule has 1 aliphatic heterocycles. The SMILES string of the molecule is Cc1cnc(N2CC(CN=[N+]=[N-])CC2=O)c(Br)c1. The molecule has 0 radical (unpaired) electrons. The van der Waals surface area contributed by atoms with Crippen molar-refractivity contribution in [2.75, 3.05) is 18.0 Å². The molecule has 1 amide bonds. The summed E-state index contributed by atoms with van der Waals surface area (Å²) in [7, 11) is 0. The highest BCUT2D eigenvalue weighted by Gasteiger charge is 2.31. The molecule has 1 fully saturated rings. The van der Waals surface area contributed by atoms with Crippen LogP contribution in [0.25, 0.3) is 10.4 Å². The molecule has 1 aromatic heterocycles. The Hall–Kier alpha value is -1.59. The second-order valence-corrected chi connectivity index (χ2v) is 5.16. The van der Waals surface area contributed by atoms with E-state index in [1.165, 1.54) is 0 Å². The fourth-order valence-corrected chi connectivity index (χ4v) is 2.66. The highest BCUT2D eigenvalue weighted by molar-refractivity contribution is 9.10. The second-order valence-electron chi connectivity index (χ2n) is 4.31. The molecule has 0 aliphatic carbocycles. The predicted molar refractivity (Wildman–Crippen MR) is 71.1 cm³/mol. The van der Waals surface area contributed by atoms with Crippen molar-refractivity contribution in [3.05, 3.63) is 32.7 Å². The number of nitrogens with zero attached hydrogens (tertiary/aromatic N) is 5. The maximum atomic E-state index is 11.9. The zero-order valence-electron chi connectivity index (χ0n) is 9.88. The van der Waals surface area contributed by atoms with Crippen molar-refractivity contribution in [1.82, 2.24) is 4.98 Å². The highest BCUT2D eigenvalue weighted by Crippen LogP contribution is 2.30. The van der Waals surface area contributed by atoms with Gasteiger partial charge in [-0.1, -0.05) is 5.11 Å². The summed E-state index contributed by atoms with van der Waals surface area (Å²) in [5, 5.41) is 3.52. The Balaban J connectivity index is 2.18. The van der Waals surface area contributed by atoms with E-state index < -0.39 is 0 Å². The van der Waals surface area contributed by atoms with Crippen LogP contribution in [-0.2, 0) is 4.79 Å². The predicted octanol–water partition coefficient (Wildman–Crippen LogP) is 2.82. The second kappa shape index (κ2) is 5.37. The lowest BCUT2D eigenvalue weighted by atomic mass is 10.1. The summed E-state index contributed by atoms with van der Waals surface area (Å²) in [6.07, 6.45) is 2.13. The smallest absolute Gasteiger partial charge is 0.228 e. The van der Waals surface area contributed by atoms with Gasteiger partial charge in [-0.2, -0.15) is 0 Å². The number of carbonyl (C=O) groups excluding carboxylic acids is 1. The normalized spacial score (nSPS) is 18.9. The summed E-state index contributed by atoms with van der Waals surface area (Å²) < 4.78 is 0.806. The van der Waals surface area contributed by atoms with Gasteiger partial charge in [0.05, 0.1) is 4.47 Å². The minimum atomic E-state index is 0.0187. The summed E-state index contributed by atoms with van der Waals surface area (Å²) in [4.78, 5) is 20.6. The number of hydrogen-bond acceptors (Lipinski definition) is 3. The van der Waals surface area contributed by atoms with Gasteiger partial charge in [0, 0.05) is 30.6 Å². The van der Waals surface area contributed by atoms with Crippen molar-refractivity contribution < 1.29 is 4.79 Å². The molecule has 2 heterocycles. The molecular weight excluding hydrogens is 298 g/mol. The van der Waals surface area contributed by atoms with Gasteiger partial charge in [-0.05, 0) is 45.9 Å². The lowest BCUT2D eigenvalue weighted by molar-refractivity contribution is -0.117. The molecule has 0 aromatic carbocycles. The first-order valence-corrected chi connectivity index (χ1v) is 6.34. The lowest BCUT2D eigenvalue weighted by Gasteiger charge is -2.17. The van der Waals surface area contributed by atoms with Gasteiger partial charge in [0.25, 0.3) is 0 Å². The zero-order chi connectivity index (χ0) is 13.1. The molecule has 2 rings (SSSR count). The number of aryl methyl sites for hydroxylation is 1. The van der Waals surface area contributed by atoms with Gasteiger partial charge in [0.1, 0.15) is 5.82 Å². The van der Waals surface area contributed by atoms with Crippen molar-refractivity contribution in [3.63, 3.8) is 0 Å². The average Bonchev–Trinajstić information content (AvgIpc) is 2.68. The monoisotopic (exact) mass is 309 g/mol. The first kappa shape index (κ1) is 12.9. The van der Waals surface area contributed by atoms with Gasteiger partial charge in [-0.15, -0.1) is 0 Å². The number of aromatic nitrogens is 1. The molecule has 18 heavy (non-hydrogen) atoms. The van der Waals surface area contributed by atoms with Gasteiger partial charge in [-0.3, -0.25) is 9.69 Å². The summed E-state index contributed by atoms with van der Waals surface area (Å²) in [6.45, 7) is 2.84. The van der Waals surface area contributed by atoms with E-state index >= 15 is 0 Å². The van der Waals surface area contributed by atoms with Gasteiger partial charge < -0.3 is 0 Å². The molecule has 0 bridgehead atoms. The standard InChI is InChI=1S/C11H12BrN5O/c1-7-2-9(12)11(14-4-7)17-6-8(3-10(17)18)5-15-16-13/h2,4,8H,3,5-6H2,1H3. The van der Waals surface area contributed by atoms with Gasteiger partial charge >= 0.3 is 0 Å². The molecule has 1 atom stereocenters. The van der Waals surface area contributed by atoms with E-state index in [-0.39, 0.29) is 11.8 Å². The molecule has 94 valence electrons. The van der Waals surface area contributed by atoms with Crippen LogP contribution in [0.1, 0.15) is 12.0 Å². The van der Waals surface area contributed by atoms with Gasteiger partial charge in [0.15, 0.2) is 0 Å². The third kappa shape index (κ3) is 2.63. The van der Waals surface area contributed by atoms with Gasteiger partial charge in [0.2, 0.25) is 5.91 Å². The van der Waals surface area contributed by atoms with Crippen LogP contribution in [0, 0.1) is 12.8 Å². The number of rotatable bonds is 3. The third-order valence-corrected chi connectivity index (χ3v) is 3.41. The van der Waals surface area contributed by atoms with Crippen molar-refractivity contribution in [1.29, 1.82) is 0 Å². The molecule has 1 aliphatic rings. The Bertz CT molecular complexity index is 526. The van der Waals surface area contributed by atoms with Crippen molar-refractivity contribution in [3.8, 4) is 0 Å². The molecule has 7 heteroatoms. The number of anilines is 1. The van der Waals surface area contributed by atoms with Crippen LogP contribution in [0.5, 0.6) is 0 Å². The summed E-state index contributed by atoms with van der Waals surface area (Å²) in [6, 6.07) is 1.93. The van der Waals surface area contributed by atoms with Crippen molar-refractivity contribution in [2.24, 2.45) is 11.0 Å². The van der Waals surface area contributed by atoms with Crippen LogP contribution >= 0.6 is 15.9 Å². The third-order valence-electron chi connectivity index (χ3n) is 2.82. The number of carbonyl (C=O) groups is 1. The van der Waals surface area contributed by atoms with E-state index in [0.29, 0.717) is 25.3 Å². The molecule has 1 aromatic rings. The maximum absolute atomic E-state index is 11.9. The molecule has 6 nitrogen and oxygen atoms in total. The van der Waals surface area contributed by atoms with E-state index in [9.17, 15) is 4.79 Å². The van der Waals surface area contributed by atoms with E-state index in [1.54, 1.807) is 11.1 Å². The number of halogens is 1. The number of amides is 1. The minimum absolute atomic E-state index is 0.0187. The Kier molecular flexibility index (Phi) is 3.84. The highest BCUT2D eigenvalue weighted by atomic mass is 79.9. The number of pyridine rings is 1. The zero-order valence-corrected chi connectivity index (χ0v) is 11.5. The topological polar surface area (TPSA) is 82.0 Å². The molecule has 0 saturated carbocycles. The largest absolute Gasteiger partial charge is 0.296 e. The molecule has 0 N–H and O–H groups in total. The van der Waals surface area contributed by atoms with Crippen molar-refractivity contribution in [2.45, 2.75) is 13.3 Å². The number of hydrogen-bond donors (Lipinski definition) is 0. The molecule has 0 spiro atoms. The summed E-state index contributed by atoms with van der Waals surface area (Å²) >= 11 is 3.42. The Labute approximate surface area is 113 Å². The van der Waals surface area contributed by atoms with Crippen molar-refractivity contribution >= 4 is 27.7 Å². The Morgan fingerprint density at radius 1 is 1.72 bits per heavy atom. The minimum Gasteiger partial charge on any atom is -0.296 e. The maximum Gasteiger partial charge on any atom is 0.228 e. The van der Waals surface area contributed by atoms with E-state index in [4.69, 9.17) is 5.53 Å². The Morgan fingerprint density at radius 2 is 2.50 bits per heavy atom. The first-order valence-electron chi connectivity index (χ1n) is 5.55. The van der Waals surface area contributed by atoms with Crippen LogP contribution in [0.4, 0.5) is 5.82 Å². The van der Waals surface area contributed by atoms with Crippen LogP contribution in [-0.4, -0.2) is 24.0 Å². The van der Waals surface area contributed by atoms with E-state index in [2.05, 4.69) is 30.9 Å². The summed E-state index contributed by atoms with van der Waals surface area (Å²) in [5.41, 5.74) is 9.32. The Morgan fingerprint density at radius 3 is 3.17 bits per heavy atom. The average molecular weight is 310 g/mol. The lowest BCUT2D eigenvalue weighted by Crippen LogP contribution is -2.26. The quantitative estimate of drug-likeness (QED) is 0.488. The molecular formula is C11H12BrN5O. The van der Waals surface area contributed by atoms with Gasteiger partial charge in [-0.25, -0.2) is 4.98 Å². The number of azide groups is 1. The fraction of sp³-hybridized carbons (Fsp3) is 0.455. The molecule has 1 unspecified atom stereocenters. The molecule has 1 saturated heterocycles. The van der Waals surface area contributed by atoms with Crippen LogP contribution < -0.4 is 4.90 Å². The summed E-state index contributed by atoms with van der Waals surface area (Å²) in [5.74, 6) is 0.725. The fourth-order valence-electron chi connectivity index (χ4n) is 1.99. The van der Waals surface area contributed by atoms with Crippen LogP contribution in [0.3, 0.4) is 0 Å². The van der Waals surface area contributed by atoms with Crippen LogP contribution in [0.15, 0.2) is 21.9 Å². The van der Waals surface area contributed by atoms with Crippen LogP contribution in [0.2, 0.25) is 0 Å². The first-order chi connectivity index (χ1) is 8.61. The van der Waals surface area contributed by atoms with E-state index in [1.807, 2.05) is 13.0 Å².